The predicted octanol–water partition coefficient (Wildman–Crippen LogP) is -0.323. The third-order valence-electron chi connectivity index (χ3n) is 0.761. The fourth-order valence-corrected chi connectivity index (χ4v) is 0.368. The van der Waals surface area contributed by atoms with E-state index < -0.39 is 0 Å². The van der Waals surface area contributed by atoms with Crippen LogP contribution in [0.15, 0.2) is 0 Å². The number of nitrogens with two attached hydrogens (primary N) is 2. The zero-order valence-electron chi connectivity index (χ0n) is 5.55. The van der Waals surface area contributed by atoms with Gasteiger partial charge in [-0.05, 0) is 19.4 Å². The third-order valence-corrected chi connectivity index (χ3v) is 0.761. The minimum absolute atomic E-state index is 0.562. The Kier molecular flexibility index (Phi) is 7.77. The van der Waals surface area contributed by atoms with Crippen LogP contribution in [0.4, 0.5) is 0 Å². The maximum atomic E-state index is 5.21. The van der Waals surface area contributed by atoms with E-state index in [0.717, 1.165) is 6.42 Å². The van der Waals surface area contributed by atoms with Gasteiger partial charge in [0.1, 0.15) is 0 Å². The summed E-state index contributed by atoms with van der Waals surface area (Å²) in [5.41, 5.74) is 10.4. The molecule has 0 aromatic heterocycles. The molecular weight excluding hydrogens is 116 g/mol. The van der Waals surface area contributed by atoms with Crippen molar-refractivity contribution in [1.82, 2.24) is 0 Å². The summed E-state index contributed by atoms with van der Waals surface area (Å²) in [5.74, 6) is 0. The standard InChI is InChI=1S/C6H14N2O/c7-3-1-2-5-9-6-4-8/h2,5H,1,3-4,6-8H2. The largest absolute Gasteiger partial charge is 0.374 e. The first-order valence-electron chi connectivity index (χ1n) is 3.08. The van der Waals surface area contributed by atoms with Gasteiger partial charge in [0.2, 0.25) is 0 Å². The minimum Gasteiger partial charge on any atom is -0.374 e. The second-order valence-electron chi connectivity index (χ2n) is 1.61. The molecular formula is C6H14N2O. The van der Waals surface area contributed by atoms with E-state index in [1.54, 1.807) is 6.61 Å². The van der Waals surface area contributed by atoms with Crippen molar-refractivity contribution < 1.29 is 4.74 Å². The molecule has 0 aromatic rings. The van der Waals surface area contributed by atoms with E-state index in [2.05, 4.69) is 0 Å². The highest BCUT2D eigenvalue weighted by atomic mass is 16.5. The molecule has 9 heavy (non-hydrogen) atoms. The smallest absolute Gasteiger partial charge is 0.0872 e. The first-order valence-corrected chi connectivity index (χ1v) is 3.08. The predicted molar refractivity (Wildman–Crippen MR) is 37.3 cm³/mol. The van der Waals surface area contributed by atoms with Crippen molar-refractivity contribution in [2.45, 2.75) is 6.42 Å². The van der Waals surface area contributed by atoms with E-state index in [0.29, 0.717) is 19.7 Å². The summed E-state index contributed by atoms with van der Waals surface area (Å²) >= 11 is 0. The molecule has 0 spiro atoms. The Labute approximate surface area is 56.4 Å². The van der Waals surface area contributed by atoms with E-state index in [1.807, 2.05) is 6.42 Å². The molecule has 2 radical (unpaired) electrons. The molecule has 0 rings (SSSR count). The molecule has 54 valence electrons. The van der Waals surface area contributed by atoms with Gasteiger partial charge in [0, 0.05) is 6.54 Å². The number of hydrogen-bond acceptors (Lipinski definition) is 3. The molecule has 0 amide bonds. The molecule has 0 fully saturated rings. The molecule has 0 unspecified atom stereocenters. The van der Waals surface area contributed by atoms with Gasteiger partial charge in [0.25, 0.3) is 0 Å². The Morgan fingerprint density at radius 1 is 1.22 bits per heavy atom. The Hall–Kier alpha value is -0.120. The van der Waals surface area contributed by atoms with Crippen LogP contribution in [0.2, 0.25) is 0 Å². The summed E-state index contributed by atoms with van der Waals surface area (Å²) in [7, 11) is 0. The molecule has 0 aliphatic heterocycles. The van der Waals surface area contributed by atoms with Crippen LogP contribution in [0.25, 0.3) is 0 Å². The van der Waals surface area contributed by atoms with Gasteiger partial charge in [-0.2, -0.15) is 0 Å². The van der Waals surface area contributed by atoms with Crippen molar-refractivity contribution in [2.24, 2.45) is 11.5 Å². The van der Waals surface area contributed by atoms with Crippen LogP contribution >= 0.6 is 0 Å². The van der Waals surface area contributed by atoms with Crippen LogP contribution in [0, 0.1) is 13.0 Å². The summed E-state index contributed by atoms with van der Waals surface area (Å²) in [5, 5.41) is 0. The van der Waals surface area contributed by atoms with Gasteiger partial charge >= 0.3 is 0 Å². The van der Waals surface area contributed by atoms with Crippen molar-refractivity contribution in [2.75, 3.05) is 19.7 Å². The zero-order chi connectivity index (χ0) is 6.95. The molecule has 0 bridgehead atoms. The average molecular weight is 130 g/mol. The SMILES string of the molecule is NCC[CH][CH]OCCN. The van der Waals surface area contributed by atoms with Gasteiger partial charge in [-0.3, -0.25) is 0 Å². The van der Waals surface area contributed by atoms with Gasteiger partial charge in [-0.25, -0.2) is 0 Å². The first-order chi connectivity index (χ1) is 4.41. The monoisotopic (exact) mass is 130 g/mol. The zero-order valence-corrected chi connectivity index (χ0v) is 5.55. The Morgan fingerprint density at radius 2 is 2.00 bits per heavy atom. The van der Waals surface area contributed by atoms with E-state index >= 15 is 0 Å². The summed E-state index contributed by atoms with van der Waals surface area (Å²) < 4.78 is 4.92. The number of ether oxygens (including phenoxy) is 1. The Morgan fingerprint density at radius 3 is 2.56 bits per heavy atom. The number of rotatable bonds is 6. The highest BCUT2D eigenvalue weighted by Gasteiger charge is 1.86. The lowest BCUT2D eigenvalue weighted by molar-refractivity contribution is 0.216. The van der Waals surface area contributed by atoms with Gasteiger partial charge < -0.3 is 16.2 Å². The van der Waals surface area contributed by atoms with E-state index in [-0.39, 0.29) is 0 Å². The number of unbranched alkanes of at least 4 members (excludes halogenated alkanes) is 1. The van der Waals surface area contributed by atoms with Gasteiger partial charge in [0.15, 0.2) is 0 Å². The highest BCUT2D eigenvalue weighted by molar-refractivity contribution is 4.74. The van der Waals surface area contributed by atoms with Crippen molar-refractivity contribution in [3.8, 4) is 0 Å². The third kappa shape index (κ3) is 7.88. The average Bonchev–Trinajstić information content (AvgIpc) is 1.89. The summed E-state index contributed by atoms with van der Waals surface area (Å²) in [6.07, 6.45) is 2.75. The van der Waals surface area contributed by atoms with E-state index in [4.69, 9.17) is 16.2 Å². The molecule has 0 saturated heterocycles. The maximum Gasteiger partial charge on any atom is 0.0872 e. The van der Waals surface area contributed by atoms with Crippen molar-refractivity contribution in [1.29, 1.82) is 0 Å². The molecule has 0 saturated carbocycles. The second kappa shape index (κ2) is 7.88. The first kappa shape index (κ1) is 8.88. The lowest BCUT2D eigenvalue weighted by Crippen LogP contribution is -2.07. The molecule has 0 aromatic carbocycles. The van der Waals surface area contributed by atoms with Crippen molar-refractivity contribution in [3.63, 3.8) is 0 Å². The molecule has 0 aliphatic carbocycles. The van der Waals surface area contributed by atoms with E-state index in [1.165, 1.54) is 0 Å². The summed E-state index contributed by atoms with van der Waals surface area (Å²) in [6.45, 7) is 3.45. The number of hydrogen-bond donors (Lipinski definition) is 2. The molecule has 0 aliphatic rings. The van der Waals surface area contributed by atoms with Crippen LogP contribution in [0.5, 0.6) is 0 Å². The normalized spacial score (nSPS) is 10.0. The van der Waals surface area contributed by atoms with Gasteiger partial charge in [-0.15, -0.1) is 0 Å². The van der Waals surface area contributed by atoms with Gasteiger partial charge in [-0.1, -0.05) is 0 Å². The van der Waals surface area contributed by atoms with Crippen LogP contribution in [0.1, 0.15) is 6.42 Å². The fraction of sp³-hybridized carbons (Fsp3) is 0.667. The maximum absolute atomic E-state index is 5.21. The molecule has 4 N–H and O–H groups in total. The van der Waals surface area contributed by atoms with Crippen LogP contribution in [-0.4, -0.2) is 19.7 Å². The lowest BCUT2D eigenvalue weighted by Gasteiger charge is -1.98. The second-order valence-corrected chi connectivity index (χ2v) is 1.61. The molecule has 0 atom stereocenters. The Bertz CT molecular complexity index is 44.3. The lowest BCUT2D eigenvalue weighted by atomic mass is 10.3. The van der Waals surface area contributed by atoms with Crippen molar-refractivity contribution >= 4 is 0 Å². The highest BCUT2D eigenvalue weighted by Crippen LogP contribution is 1.89. The van der Waals surface area contributed by atoms with Crippen LogP contribution in [0.3, 0.4) is 0 Å². The topological polar surface area (TPSA) is 61.3 Å². The molecule has 3 nitrogen and oxygen atoms in total. The van der Waals surface area contributed by atoms with Crippen LogP contribution < -0.4 is 11.5 Å². The minimum atomic E-state index is 0.562. The summed E-state index contributed by atoms with van der Waals surface area (Å²) in [6, 6.07) is 0. The Balaban J connectivity index is 2.60. The van der Waals surface area contributed by atoms with Crippen molar-refractivity contribution in [3.05, 3.63) is 13.0 Å². The van der Waals surface area contributed by atoms with Crippen LogP contribution in [-0.2, 0) is 4.74 Å². The van der Waals surface area contributed by atoms with E-state index in [9.17, 15) is 0 Å². The molecule has 3 heteroatoms. The molecule has 0 heterocycles. The summed E-state index contributed by atoms with van der Waals surface area (Å²) in [4.78, 5) is 0. The quantitative estimate of drug-likeness (QED) is 0.484. The fourth-order valence-electron chi connectivity index (χ4n) is 0.368. The van der Waals surface area contributed by atoms with Gasteiger partial charge in [0.05, 0.1) is 13.2 Å².